The van der Waals surface area contributed by atoms with E-state index in [2.05, 4.69) is 14.9 Å². The lowest BCUT2D eigenvalue weighted by Crippen LogP contribution is -2.17. The molecule has 3 rings (SSSR count). The molecule has 0 amide bonds. The van der Waals surface area contributed by atoms with Gasteiger partial charge < -0.3 is 13.7 Å². The van der Waals surface area contributed by atoms with Gasteiger partial charge in [0.05, 0.1) is 0 Å². The van der Waals surface area contributed by atoms with Gasteiger partial charge in [0.25, 0.3) is 5.89 Å². The molecule has 0 radical (unpaired) electrons. The molecule has 9 nitrogen and oxygen atoms in total. The summed E-state index contributed by atoms with van der Waals surface area (Å²) in [6, 6.07) is 10.4. The number of ether oxygens (including phenoxy) is 1. The van der Waals surface area contributed by atoms with Gasteiger partial charge in [0.15, 0.2) is 6.10 Å². The SMILES string of the molecule is CNS(=O)(=O)c1cc(C(=O)OC(C)c2nnc(-c3ccccc3)o2)n(C)c1. The zero-order valence-electron chi connectivity index (χ0n) is 14.9. The molecule has 10 heteroatoms. The minimum absolute atomic E-state index is 0.0312. The van der Waals surface area contributed by atoms with Gasteiger partial charge in [-0.25, -0.2) is 17.9 Å². The third kappa shape index (κ3) is 3.91. The van der Waals surface area contributed by atoms with Gasteiger partial charge in [-0.3, -0.25) is 0 Å². The Morgan fingerprint density at radius 3 is 2.63 bits per heavy atom. The van der Waals surface area contributed by atoms with Gasteiger partial charge in [-0.2, -0.15) is 0 Å². The van der Waals surface area contributed by atoms with Gasteiger partial charge in [0, 0.05) is 18.8 Å². The van der Waals surface area contributed by atoms with Crippen molar-refractivity contribution in [1.82, 2.24) is 19.5 Å². The maximum atomic E-state index is 12.4. The first kappa shape index (κ1) is 18.8. The second-order valence-electron chi connectivity index (χ2n) is 5.74. The average Bonchev–Trinajstić information content (AvgIpc) is 3.30. The molecule has 0 aliphatic carbocycles. The predicted octanol–water partition coefficient (Wildman–Crippen LogP) is 1.90. The van der Waals surface area contributed by atoms with Crippen LogP contribution in [-0.2, 0) is 21.8 Å². The summed E-state index contributed by atoms with van der Waals surface area (Å²) in [7, 11) is -0.815. The zero-order chi connectivity index (χ0) is 19.6. The second-order valence-corrected chi connectivity index (χ2v) is 7.63. The van der Waals surface area contributed by atoms with Crippen LogP contribution in [0.2, 0.25) is 0 Å². The fraction of sp³-hybridized carbons (Fsp3) is 0.235. The molecule has 142 valence electrons. The Balaban J connectivity index is 1.76. The molecule has 1 aromatic carbocycles. The van der Waals surface area contributed by atoms with E-state index in [1.165, 1.54) is 23.9 Å². The minimum atomic E-state index is -3.66. The lowest BCUT2D eigenvalue weighted by molar-refractivity contribution is 0.0269. The average molecular weight is 390 g/mol. The minimum Gasteiger partial charge on any atom is -0.448 e. The van der Waals surface area contributed by atoms with Crippen LogP contribution in [0.3, 0.4) is 0 Å². The molecule has 0 aliphatic rings. The molecule has 0 aliphatic heterocycles. The van der Waals surface area contributed by atoms with Crippen molar-refractivity contribution in [2.45, 2.75) is 17.9 Å². The number of aryl methyl sites for hydroxylation is 1. The molecular weight excluding hydrogens is 372 g/mol. The first-order valence-electron chi connectivity index (χ1n) is 8.01. The number of esters is 1. The van der Waals surface area contributed by atoms with E-state index in [1.54, 1.807) is 14.0 Å². The lowest BCUT2D eigenvalue weighted by Gasteiger charge is -2.09. The predicted molar refractivity (Wildman–Crippen MR) is 95.2 cm³/mol. The van der Waals surface area contributed by atoms with E-state index in [4.69, 9.17) is 9.15 Å². The molecule has 2 heterocycles. The number of rotatable bonds is 6. The number of nitrogens with one attached hydrogen (secondary N) is 1. The summed E-state index contributed by atoms with van der Waals surface area (Å²) in [5.74, 6) is -0.253. The zero-order valence-corrected chi connectivity index (χ0v) is 15.7. The molecule has 27 heavy (non-hydrogen) atoms. The largest absolute Gasteiger partial charge is 0.448 e. The van der Waals surface area contributed by atoms with E-state index in [0.717, 1.165) is 5.56 Å². The lowest BCUT2D eigenvalue weighted by atomic mass is 10.2. The van der Waals surface area contributed by atoms with Crippen LogP contribution < -0.4 is 4.72 Å². The van der Waals surface area contributed by atoms with Crippen LogP contribution in [0.4, 0.5) is 0 Å². The van der Waals surface area contributed by atoms with E-state index >= 15 is 0 Å². The summed E-state index contributed by atoms with van der Waals surface area (Å²) in [5.41, 5.74) is 0.831. The van der Waals surface area contributed by atoms with Gasteiger partial charge in [-0.15, -0.1) is 10.2 Å². The maximum absolute atomic E-state index is 12.4. The summed E-state index contributed by atoms with van der Waals surface area (Å²) >= 11 is 0. The second kappa shape index (κ2) is 7.33. The monoisotopic (exact) mass is 390 g/mol. The van der Waals surface area contributed by atoms with Crippen molar-refractivity contribution in [2.75, 3.05) is 7.05 Å². The Bertz CT molecular complexity index is 1060. The molecule has 0 spiro atoms. The van der Waals surface area contributed by atoms with Crippen LogP contribution in [0.5, 0.6) is 0 Å². The maximum Gasteiger partial charge on any atom is 0.355 e. The van der Waals surface area contributed by atoms with Gasteiger partial charge in [-0.1, -0.05) is 18.2 Å². The molecule has 3 aromatic rings. The molecule has 0 fully saturated rings. The van der Waals surface area contributed by atoms with Crippen LogP contribution in [0, 0.1) is 0 Å². The van der Waals surface area contributed by atoms with E-state index in [0.29, 0.717) is 5.89 Å². The Morgan fingerprint density at radius 2 is 1.96 bits per heavy atom. The summed E-state index contributed by atoms with van der Waals surface area (Å²) in [6.07, 6.45) is 0.523. The number of nitrogens with zero attached hydrogens (tertiary/aromatic N) is 3. The van der Waals surface area contributed by atoms with Crippen molar-refractivity contribution < 1.29 is 22.4 Å². The molecule has 0 saturated heterocycles. The number of carbonyl (C=O) groups is 1. The van der Waals surface area contributed by atoms with Crippen molar-refractivity contribution in [3.63, 3.8) is 0 Å². The third-order valence-corrected chi connectivity index (χ3v) is 5.24. The van der Waals surface area contributed by atoms with E-state index in [1.807, 2.05) is 30.3 Å². The topological polar surface area (TPSA) is 116 Å². The van der Waals surface area contributed by atoms with Gasteiger partial charge in [-0.05, 0) is 32.2 Å². The first-order chi connectivity index (χ1) is 12.8. The highest BCUT2D eigenvalue weighted by atomic mass is 32.2. The van der Waals surface area contributed by atoms with Gasteiger partial charge in [0.1, 0.15) is 10.6 Å². The van der Waals surface area contributed by atoms with Crippen molar-refractivity contribution in [3.8, 4) is 11.5 Å². The van der Waals surface area contributed by atoms with Gasteiger partial charge >= 0.3 is 5.97 Å². The van der Waals surface area contributed by atoms with Crippen molar-refractivity contribution in [3.05, 3.63) is 54.2 Å². The molecule has 2 aromatic heterocycles. The molecule has 0 bridgehead atoms. The van der Waals surface area contributed by atoms with E-state index in [-0.39, 0.29) is 16.5 Å². The fourth-order valence-electron chi connectivity index (χ4n) is 2.37. The number of hydrogen-bond donors (Lipinski definition) is 1. The van der Waals surface area contributed by atoms with Gasteiger partial charge in [0.2, 0.25) is 15.9 Å². The highest BCUT2D eigenvalue weighted by Gasteiger charge is 2.24. The standard InChI is InChI=1S/C17H18N4O5S/c1-11(15-19-20-16(26-15)12-7-5-4-6-8-12)25-17(22)14-9-13(10-21(14)3)27(23,24)18-2/h4-11,18H,1-3H3. The fourth-order valence-corrected chi connectivity index (χ4v) is 3.17. The van der Waals surface area contributed by atoms with Crippen molar-refractivity contribution in [1.29, 1.82) is 0 Å². The molecule has 1 N–H and O–H groups in total. The molecular formula is C17H18N4O5S. The summed E-state index contributed by atoms with van der Waals surface area (Å²) in [4.78, 5) is 12.4. The molecule has 1 unspecified atom stereocenters. The number of hydrogen-bond acceptors (Lipinski definition) is 7. The number of aromatic nitrogens is 3. The highest BCUT2D eigenvalue weighted by Crippen LogP contribution is 2.23. The smallest absolute Gasteiger partial charge is 0.355 e. The highest BCUT2D eigenvalue weighted by molar-refractivity contribution is 7.89. The Hall–Kier alpha value is -2.98. The normalized spacial score (nSPS) is 12.7. The van der Waals surface area contributed by atoms with Crippen molar-refractivity contribution in [2.24, 2.45) is 7.05 Å². The Morgan fingerprint density at radius 1 is 1.26 bits per heavy atom. The molecule has 0 saturated carbocycles. The Kier molecular flexibility index (Phi) is 5.10. The number of benzene rings is 1. The van der Waals surface area contributed by atoms with Crippen LogP contribution in [-0.4, -0.2) is 36.2 Å². The van der Waals surface area contributed by atoms with E-state index < -0.39 is 22.1 Å². The van der Waals surface area contributed by atoms with Crippen LogP contribution in [0.25, 0.3) is 11.5 Å². The number of carbonyl (C=O) groups excluding carboxylic acids is 1. The van der Waals surface area contributed by atoms with Crippen LogP contribution >= 0.6 is 0 Å². The Labute approximate surface area is 156 Å². The summed E-state index contributed by atoms with van der Waals surface area (Å²) in [6.45, 7) is 1.59. The van der Waals surface area contributed by atoms with Crippen LogP contribution in [0.15, 0.2) is 51.9 Å². The third-order valence-electron chi connectivity index (χ3n) is 3.86. The summed E-state index contributed by atoms with van der Waals surface area (Å²) < 4.78 is 38.2. The summed E-state index contributed by atoms with van der Waals surface area (Å²) in [5, 5.41) is 7.86. The first-order valence-corrected chi connectivity index (χ1v) is 9.50. The quantitative estimate of drug-likeness (QED) is 0.639. The van der Waals surface area contributed by atoms with Crippen molar-refractivity contribution >= 4 is 16.0 Å². The van der Waals surface area contributed by atoms with Crippen LogP contribution in [0.1, 0.15) is 29.4 Å². The molecule has 1 atom stereocenters. The number of sulfonamides is 1. The van der Waals surface area contributed by atoms with E-state index in [9.17, 15) is 13.2 Å².